The molecule has 1 heterocycles. The molecule has 0 amide bonds. The molecule has 0 aromatic rings. The predicted octanol–water partition coefficient (Wildman–Crippen LogP) is 5.61. The van der Waals surface area contributed by atoms with Gasteiger partial charge >= 0.3 is 5.97 Å². The lowest BCUT2D eigenvalue weighted by atomic mass is 9.37. The predicted molar refractivity (Wildman–Crippen MR) is 129 cm³/mol. The second-order valence-electron chi connectivity index (χ2n) is 13.0. The number of carboxylic acid groups (broad SMARTS) is 1. The summed E-state index contributed by atoms with van der Waals surface area (Å²) in [5.41, 5.74) is -0.343. The van der Waals surface area contributed by atoms with Crippen LogP contribution in [0, 0.1) is 45.8 Å². The normalized spacial score (nSPS) is 48.8. The van der Waals surface area contributed by atoms with Crippen LogP contribution in [-0.2, 0) is 19.1 Å². The second kappa shape index (κ2) is 7.75. The van der Waals surface area contributed by atoms with Gasteiger partial charge in [0.2, 0.25) is 0 Å². The summed E-state index contributed by atoms with van der Waals surface area (Å²) in [6.07, 6.45) is 9.80. The molecule has 0 aromatic heterocycles. The third kappa shape index (κ3) is 2.85. The first kappa shape index (κ1) is 24.2. The van der Waals surface area contributed by atoms with Gasteiger partial charge in [0.1, 0.15) is 11.6 Å². The van der Waals surface area contributed by atoms with Crippen LogP contribution < -0.4 is 0 Å². The minimum absolute atomic E-state index is 0.0380. The first-order chi connectivity index (χ1) is 15.9. The van der Waals surface area contributed by atoms with Crippen molar-refractivity contribution in [3.8, 4) is 0 Å². The largest absolute Gasteiger partial charge is 0.478 e. The lowest BCUT2D eigenvalue weighted by Crippen LogP contribution is -2.66. The van der Waals surface area contributed by atoms with Crippen molar-refractivity contribution >= 4 is 17.5 Å². The molecule has 0 unspecified atom stereocenters. The third-order valence-corrected chi connectivity index (χ3v) is 12.1. The highest BCUT2D eigenvalue weighted by Crippen LogP contribution is 2.76. The van der Waals surface area contributed by atoms with Crippen molar-refractivity contribution in [2.75, 3.05) is 6.61 Å². The smallest absolute Gasteiger partial charge is 0.330 e. The zero-order chi connectivity index (χ0) is 24.7. The minimum atomic E-state index is -0.845. The summed E-state index contributed by atoms with van der Waals surface area (Å²) in [6.45, 7) is 11.4. The van der Waals surface area contributed by atoms with Gasteiger partial charge in [0.15, 0.2) is 0 Å². The molecule has 4 aliphatic carbocycles. The van der Waals surface area contributed by atoms with E-state index in [1.54, 1.807) is 6.92 Å². The number of Topliss-reactive ketones (excluding diaryl/α,β-unsaturated/α-hetero) is 2. The molecule has 1 aliphatic heterocycles. The molecule has 0 radical (unpaired) electrons. The molecule has 5 fully saturated rings. The summed E-state index contributed by atoms with van der Waals surface area (Å²) >= 11 is 0. The molecule has 0 aromatic carbocycles. The van der Waals surface area contributed by atoms with E-state index in [0.29, 0.717) is 54.3 Å². The Labute approximate surface area is 204 Å². The first-order valence-electron chi connectivity index (χ1n) is 13.5. The van der Waals surface area contributed by atoms with E-state index in [0.717, 1.165) is 44.9 Å². The maximum atomic E-state index is 14.2. The SMILES string of the molecule is C/C(=C\CC[C@H](C)[C@H]1CC[C@@]2(C)[C@@H]3CC[C@]45OC[C@@]3(C(=O)C[C@]12C)[C@@H]4CCC(=O)[C@@H]5C)C(=O)O. The van der Waals surface area contributed by atoms with Gasteiger partial charge in [0, 0.05) is 30.3 Å². The monoisotopic (exact) mass is 470 g/mol. The number of carbonyl (C=O) groups is 3. The molecule has 1 saturated heterocycles. The first-order valence-corrected chi connectivity index (χ1v) is 13.5. The van der Waals surface area contributed by atoms with Gasteiger partial charge in [-0.15, -0.1) is 0 Å². The fourth-order valence-corrected chi connectivity index (χ4v) is 10.0. The van der Waals surface area contributed by atoms with Crippen LogP contribution in [0.25, 0.3) is 0 Å². The number of rotatable bonds is 5. The van der Waals surface area contributed by atoms with Gasteiger partial charge in [-0.3, -0.25) is 9.59 Å². The van der Waals surface area contributed by atoms with Gasteiger partial charge in [-0.25, -0.2) is 4.79 Å². The van der Waals surface area contributed by atoms with Crippen LogP contribution >= 0.6 is 0 Å². The van der Waals surface area contributed by atoms with E-state index in [9.17, 15) is 14.4 Å². The molecule has 9 atom stereocenters. The van der Waals surface area contributed by atoms with Crippen molar-refractivity contribution in [3.63, 3.8) is 0 Å². The Kier molecular flexibility index (Phi) is 5.52. The van der Waals surface area contributed by atoms with Gasteiger partial charge in [-0.1, -0.05) is 33.8 Å². The zero-order valence-corrected chi connectivity index (χ0v) is 21.6. The van der Waals surface area contributed by atoms with E-state index < -0.39 is 17.0 Å². The molecule has 4 saturated carbocycles. The topological polar surface area (TPSA) is 80.7 Å². The van der Waals surface area contributed by atoms with E-state index in [1.807, 2.05) is 13.0 Å². The summed E-state index contributed by atoms with van der Waals surface area (Å²) < 4.78 is 6.58. The Morgan fingerprint density at radius 2 is 1.88 bits per heavy atom. The number of hydrogen-bond donors (Lipinski definition) is 1. The molecule has 5 heteroatoms. The van der Waals surface area contributed by atoms with Crippen molar-refractivity contribution in [1.82, 2.24) is 0 Å². The van der Waals surface area contributed by atoms with Crippen LogP contribution in [0.3, 0.4) is 0 Å². The van der Waals surface area contributed by atoms with Crippen LogP contribution in [0.2, 0.25) is 0 Å². The number of carboxylic acids is 1. The number of fused-ring (bicyclic) bond motifs is 2. The molecule has 5 aliphatic rings. The lowest BCUT2D eigenvalue weighted by Gasteiger charge is -2.64. The van der Waals surface area contributed by atoms with E-state index in [1.165, 1.54) is 0 Å². The molecule has 5 nitrogen and oxygen atoms in total. The van der Waals surface area contributed by atoms with E-state index >= 15 is 0 Å². The van der Waals surface area contributed by atoms with E-state index in [-0.39, 0.29) is 22.7 Å². The fourth-order valence-electron chi connectivity index (χ4n) is 10.0. The molecule has 5 rings (SSSR count). The Bertz CT molecular complexity index is 952. The molecule has 2 bridgehead atoms. The number of carbonyl (C=O) groups excluding carboxylic acids is 2. The van der Waals surface area contributed by atoms with Crippen molar-refractivity contribution < 1.29 is 24.2 Å². The van der Waals surface area contributed by atoms with Crippen LogP contribution in [0.15, 0.2) is 11.6 Å². The maximum Gasteiger partial charge on any atom is 0.330 e. The Morgan fingerprint density at radius 3 is 2.59 bits per heavy atom. The molecule has 1 spiro atoms. The van der Waals surface area contributed by atoms with Crippen LogP contribution in [-0.4, -0.2) is 34.9 Å². The second-order valence-corrected chi connectivity index (χ2v) is 13.0. The van der Waals surface area contributed by atoms with Gasteiger partial charge in [0.25, 0.3) is 0 Å². The number of ketones is 2. The summed E-state index contributed by atoms with van der Waals surface area (Å²) in [5.74, 6) is 1.22. The summed E-state index contributed by atoms with van der Waals surface area (Å²) in [7, 11) is 0. The van der Waals surface area contributed by atoms with Gasteiger partial charge in [-0.2, -0.15) is 0 Å². The standard InChI is InChI=1S/C29H42O5/c1-17(7-6-8-18(2)25(32)33)20-11-13-26(4)22-12-14-29-19(3)21(30)9-10-23(29)28(22,16-34-29)24(31)15-27(20,26)5/h8,17,19-20,22-23H,6-7,9-16H2,1-5H3,(H,32,33)/b18-8+/t17-,19-,20+,22-,23-,26-,27+,28-,29+/m0/s1. The van der Waals surface area contributed by atoms with Gasteiger partial charge in [-0.05, 0) is 80.5 Å². The zero-order valence-electron chi connectivity index (χ0n) is 21.6. The average Bonchev–Trinajstić information content (AvgIpc) is 3.18. The van der Waals surface area contributed by atoms with Gasteiger partial charge in [0.05, 0.1) is 17.6 Å². The molecule has 1 N–H and O–H groups in total. The highest BCUT2D eigenvalue weighted by Gasteiger charge is 2.77. The van der Waals surface area contributed by atoms with Crippen LogP contribution in [0.4, 0.5) is 0 Å². The van der Waals surface area contributed by atoms with E-state index in [2.05, 4.69) is 20.8 Å². The van der Waals surface area contributed by atoms with Crippen molar-refractivity contribution in [1.29, 1.82) is 0 Å². The van der Waals surface area contributed by atoms with Crippen molar-refractivity contribution in [3.05, 3.63) is 11.6 Å². The summed E-state index contributed by atoms with van der Waals surface area (Å²) in [5, 5.41) is 9.16. The Hall–Kier alpha value is -1.49. The quantitative estimate of drug-likeness (QED) is 0.528. The fraction of sp³-hybridized carbons (Fsp3) is 0.828. The summed E-state index contributed by atoms with van der Waals surface area (Å²) in [4.78, 5) is 38.0. The van der Waals surface area contributed by atoms with E-state index in [4.69, 9.17) is 9.84 Å². The number of aliphatic carboxylic acids is 1. The summed E-state index contributed by atoms with van der Waals surface area (Å²) in [6, 6.07) is 0. The van der Waals surface area contributed by atoms with Gasteiger partial charge < -0.3 is 9.84 Å². The molecular formula is C29H42O5. The number of ether oxygens (including phenoxy) is 1. The highest BCUT2D eigenvalue weighted by atomic mass is 16.5. The highest BCUT2D eigenvalue weighted by molar-refractivity contribution is 5.90. The Balaban J connectivity index is 1.43. The minimum Gasteiger partial charge on any atom is -0.478 e. The third-order valence-electron chi connectivity index (χ3n) is 12.1. The molecule has 188 valence electrons. The van der Waals surface area contributed by atoms with Crippen molar-refractivity contribution in [2.45, 2.75) is 98.0 Å². The number of hydrogen-bond acceptors (Lipinski definition) is 4. The van der Waals surface area contributed by atoms with Crippen LogP contribution in [0.1, 0.15) is 92.4 Å². The maximum absolute atomic E-state index is 14.2. The average molecular weight is 471 g/mol. The molecular weight excluding hydrogens is 428 g/mol. The number of allylic oxidation sites excluding steroid dienone is 1. The lowest BCUT2D eigenvalue weighted by molar-refractivity contribution is -0.184. The Morgan fingerprint density at radius 1 is 1.15 bits per heavy atom. The molecule has 34 heavy (non-hydrogen) atoms. The van der Waals surface area contributed by atoms with Crippen LogP contribution in [0.5, 0.6) is 0 Å². The van der Waals surface area contributed by atoms with Crippen molar-refractivity contribution in [2.24, 2.45) is 45.8 Å².